The Balaban J connectivity index is 2.98. The summed E-state index contributed by atoms with van der Waals surface area (Å²) in [6.07, 6.45) is 2.30. The highest BCUT2D eigenvalue weighted by atomic mass is 14.8. The van der Waals surface area contributed by atoms with Gasteiger partial charge in [0, 0.05) is 6.54 Å². The van der Waals surface area contributed by atoms with E-state index in [1.54, 1.807) is 0 Å². The first-order valence-electron chi connectivity index (χ1n) is 5.97. The van der Waals surface area contributed by atoms with Crippen LogP contribution in [0.4, 0.5) is 0 Å². The maximum absolute atomic E-state index is 3.23. The Labute approximate surface area is 99.6 Å². The van der Waals surface area contributed by atoms with Crippen molar-refractivity contribution in [1.29, 1.82) is 0 Å². The van der Waals surface area contributed by atoms with E-state index < -0.39 is 0 Å². The van der Waals surface area contributed by atoms with Gasteiger partial charge < -0.3 is 5.32 Å². The lowest BCUT2D eigenvalue weighted by Crippen LogP contribution is -2.13. The van der Waals surface area contributed by atoms with Crippen molar-refractivity contribution in [3.8, 4) is 0 Å². The van der Waals surface area contributed by atoms with Gasteiger partial charge in [-0.2, -0.15) is 0 Å². The topological polar surface area (TPSA) is 12.0 Å². The van der Waals surface area contributed by atoms with Crippen LogP contribution >= 0.6 is 0 Å². The highest BCUT2D eigenvalue weighted by Gasteiger charge is 2.02. The number of benzene rings is 1. The second-order valence-electron chi connectivity index (χ2n) is 4.75. The molecule has 0 amide bonds. The smallest absolute Gasteiger partial charge is 0.0167 e. The Morgan fingerprint density at radius 1 is 1.25 bits per heavy atom. The first-order valence-corrected chi connectivity index (χ1v) is 5.97. The van der Waals surface area contributed by atoms with Crippen LogP contribution < -0.4 is 5.32 Å². The van der Waals surface area contributed by atoms with Crippen LogP contribution in [0.15, 0.2) is 23.8 Å². The second kappa shape index (κ2) is 5.86. The van der Waals surface area contributed by atoms with Crippen molar-refractivity contribution < 1.29 is 0 Å². The van der Waals surface area contributed by atoms with Crippen LogP contribution in [-0.2, 0) is 0 Å². The zero-order chi connectivity index (χ0) is 12.1. The van der Waals surface area contributed by atoms with Gasteiger partial charge in [0.05, 0.1) is 0 Å². The molecule has 1 N–H and O–H groups in total. The van der Waals surface area contributed by atoms with E-state index >= 15 is 0 Å². The summed E-state index contributed by atoms with van der Waals surface area (Å²) in [5.41, 5.74) is 5.48. The average Bonchev–Trinajstić information content (AvgIpc) is 2.22. The van der Waals surface area contributed by atoms with Gasteiger partial charge in [-0.25, -0.2) is 0 Å². The fourth-order valence-corrected chi connectivity index (χ4v) is 1.69. The van der Waals surface area contributed by atoms with Crippen molar-refractivity contribution in [2.45, 2.75) is 27.7 Å². The minimum atomic E-state index is 0.592. The van der Waals surface area contributed by atoms with Gasteiger partial charge in [-0.3, -0.25) is 0 Å². The summed E-state index contributed by atoms with van der Waals surface area (Å²) >= 11 is 0. The monoisotopic (exact) mass is 217 g/mol. The second-order valence-corrected chi connectivity index (χ2v) is 4.75. The molecule has 1 rings (SSSR count). The van der Waals surface area contributed by atoms with Crippen LogP contribution in [0, 0.1) is 19.8 Å². The Bertz CT molecular complexity index is 375. The third-order valence-corrected chi connectivity index (χ3v) is 3.01. The van der Waals surface area contributed by atoms with E-state index in [0.29, 0.717) is 5.92 Å². The lowest BCUT2D eigenvalue weighted by atomic mass is 9.98. The van der Waals surface area contributed by atoms with E-state index in [4.69, 9.17) is 0 Å². The molecule has 88 valence electrons. The summed E-state index contributed by atoms with van der Waals surface area (Å²) in [5.74, 6) is 0.592. The standard InChI is InChI=1S/C15H23N/c1-11(2)15(10-16-5)9-14-7-6-12(3)13(4)8-14/h6-9,11,16H,10H2,1-5H3. The molecule has 0 saturated carbocycles. The predicted octanol–water partition coefficient (Wildman–Crippen LogP) is 3.56. The first-order chi connectivity index (χ1) is 7.54. The zero-order valence-electron chi connectivity index (χ0n) is 11.1. The van der Waals surface area contributed by atoms with Gasteiger partial charge >= 0.3 is 0 Å². The molecule has 0 aliphatic carbocycles. The molecular formula is C15H23N. The van der Waals surface area contributed by atoms with Crippen molar-refractivity contribution in [2.24, 2.45) is 5.92 Å². The molecule has 1 aromatic carbocycles. The summed E-state index contributed by atoms with van der Waals surface area (Å²) in [5, 5.41) is 3.23. The maximum atomic E-state index is 3.23. The summed E-state index contributed by atoms with van der Waals surface area (Å²) in [4.78, 5) is 0. The van der Waals surface area contributed by atoms with E-state index in [2.05, 4.69) is 57.3 Å². The largest absolute Gasteiger partial charge is 0.316 e. The summed E-state index contributed by atoms with van der Waals surface area (Å²) in [6.45, 7) is 9.76. The highest BCUT2D eigenvalue weighted by Crippen LogP contribution is 2.16. The lowest BCUT2D eigenvalue weighted by molar-refractivity contribution is 0.713. The number of nitrogens with one attached hydrogen (secondary N) is 1. The van der Waals surface area contributed by atoms with Crippen LogP contribution in [0.1, 0.15) is 30.5 Å². The van der Waals surface area contributed by atoms with Gasteiger partial charge in [-0.15, -0.1) is 0 Å². The summed E-state index contributed by atoms with van der Waals surface area (Å²) < 4.78 is 0. The molecule has 0 atom stereocenters. The molecule has 0 radical (unpaired) electrons. The van der Waals surface area contributed by atoms with Crippen LogP contribution in [0.25, 0.3) is 6.08 Å². The molecule has 1 heteroatoms. The Hall–Kier alpha value is -1.08. The SMILES string of the molecule is CNCC(=Cc1ccc(C)c(C)c1)C(C)C. The molecule has 0 unspecified atom stereocenters. The third-order valence-electron chi connectivity index (χ3n) is 3.01. The van der Waals surface area contributed by atoms with Crippen LogP contribution in [-0.4, -0.2) is 13.6 Å². The van der Waals surface area contributed by atoms with Crippen molar-refractivity contribution in [1.82, 2.24) is 5.32 Å². The van der Waals surface area contributed by atoms with E-state index in [0.717, 1.165) is 6.54 Å². The highest BCUT2D eigenvalue weighted by molar-refractivity contribution is 5.55. The number of hydrogen-bond donors (Lipinski definition) is 1. The number of likely N-dealkylation sites (N-methyl/N-ethyl adjacent to an activating group) is 1. The maximum Gasteiger partial charge on any atom is 0.0167 e. The minimum Gasteiger partial charge on any atom is -0.316 e. The first kappa shape index (κ1) is 13.0. The van der Waals surface area contributed by atoms with E-state index in [1.807, 2.05) is 7.05 Å². The Morgan fingerprint density at radius 2 is 1.94 bits per heavy atom. The molecule has 0 fully saturated rings. The minimum absolute atomic E-state index is 0.592. The third kappa shape index (κ3) is 3.49. The molecule has 0 bridgehead atoms. The molecule has 0 heterocycles. The lowest BCUT2D eigenvalue weighted by Gasteiger charge is -2.11. The summed E-state index contributed by atoms with van der Waals surface area (Å²) in [6, 6.07) is 6.65. The molecule has 1 nitrogen and oxygen atoms in total. The van der Waals surface area contributed by atoms with E-state index in [1.165, 1.54) is 22.3 Å². The molecule has 0 saturated heterocycles. The van der Waals surface area contributed by atoms with Crippen LogP contribution in [0.2, 0.25) is 0 Å². The van der Waals surface area contributed by atoms with Gasteiger partial charge in [0.2, 0.25) is 0 Å². The number of hydrogen-bond acceptors (Lipinski definition) is 1. The molecule has 0 spiro atoms. The van der Waals surface area contributed by atoms with Crippen LogP contribution in [0.3, 0.4) is 0 Å². The molecular weight excluding hydrogens is 194 g/mol. The Kier molecular flexibility index (Phi) is 4.75. The molecule has 16 heavy (non-hydrogen) atoms. The molecule has 0 aromatic heterocycles. The van der Waals surface area contributed by atoms with Gasteiger partial charge in [0.1, 0.15) is 0 Å². The molecule has 0 aliphatic heterocycles. The quantitative estimate of drug-likeness (QED) is 0.813. The van der Waals surface area contributed by atoms with Crippen molar-refractivity contribution in [3.05, 3.63) is 40.5 Å². The molecule has 0 aliphatic rings. The van der Waals surface area contributed by atoms with Crippen molar-refractivity contribution in [2.75, 3.05) is 13.6 Å². The van der Waals surface area contributed by atoms with Crippen molar-refractivity contribution in [3.63, 3.8) is 0 Å². The predicted molar refractivity (Wildman–Crippen MR) is 72.7 cm³/mol. The number of rotatable bonds is 4. The van der Waals surface area contributed by atoms with Gasteiger partial charge in [-0.05, 0) is 43.5 Å². The van der Waals surface area contributed by atoms with E-state index in [-0.39, 0.29) is 0 Å². The molecule has 1 aromatic rings. The van der Waals surface area contributed by atoms with Gasteiger partial charge in [0.15, 0.2) is 0 Å². The fraction of sp³-hybridized carbons (Fsp3) is 0.467. The number of aryl methyl sites for hydroxylation is 2. The van der Waals surface area contributed by atoms with Gasteiger partial charge in [-0.1, -0.05) is 43.7 Å². The normalized spacial score (nSPS) is 12.2. The fourth-order valence-electron chi connectivity index (χ4n) is 1.69. The van der Waals surface area contributed by atoms with Crippen molar-refractivity contribution >= 4 is 6.08 Å². The summed E-state index contributed by atoms with van der Waals surface area (Å²) in [7, 11) is 2.00. The zero-order valence-corrected chi connectivity index (χ0v) is 11.1. The van der Waals surface area contributed by atoms with Gasteiger partial charge in [0.25, 0.3) is 0 Å². The van der Waals surface area contributed by atoms with Crippen LogP contribution in [0.5, 0.6) is 0 Å². The average molecular weight is 217 g/mol. The Morgan fingerprint density at radius 3 is 2.44 bits per heavy atom. The van der Waals surface area contributed by atoms with E-state index in [9.17, 15) is 0 Å².